The molecule has 2 aromatic carbocycles. The van der Waals surface area contributed by atoms with Crippen molar-refractivity contribution in [3.8, 4) is 22.6 Å². The summed E-state index contributed by atoms with van der Waals surface area (Å²) in [5.74, 6) is 1.04. The van der Waals surface area contributed by atoms with Gasteiger partial charge in [-0.1, -0.05) is 12.1 Å². The average Bonchev–Trinajstić information content (AvgIpc) is 2.74. The number of fused-ring (bicyclic) bond motifs is 1. The third-order valence-electron chi connectivity index (χ3n) is 4.51. The number of methoxy groups -OCH3 is 1. The molecule has 0 saturated carbocycles. The van der Waals surface area contributed by atoms with Crippen LogP contribution in [0.15, 0.2) is 71.9 Å². The van der Waals surface area contributed by atoms with Crippen molar-refractivity contribution in [1.29, 1.82) is 0 Å². The minimum atomic E-state index is -0.391. The van der Waals surface area contributed by atoms with Gasteiger partial charge in [0.2, 0.25) is 0 Å². The maximum absolute atomic E-state index is 13.5. The second-order valence-corrected chi connectivity index (χ2v) is 6.37. The van der Waals surface area contributed by atoms with Crippen molar-refractivity contribution < 1.29 is 13.9 Å². The quantitative estimate of drug-likeness (QED) is 0.502. The molecule has 6 nitrogen and oxygen atoms in total. The number of halogens is 1. The average molecular weight is 391 g/mol. The topological polar surface area (TPSA) is 66.2 Å². The number of pyridine rings is 1. The Morgan fingerprint density at radius 2 is 1.97 bits per heavy atom. The van der Waals surface area contributed by atoms with Crippen LogP contribution in [0, 0.1) is 5.82 Å². The molecular formula is C22H18FN3O3. The van der Waals surface area contributed by atoms with Crippen molar-refractivity contribution in [3.63, 3.8) is 0 Å². The molecule has 0 fully saturated rings. The number of hydrogen-bond acceptors (Lipinski definition) is 5. The molecular weight excluding hydrogens is 373 g/mol. The van der Waals surface area contributed by atoms with Gasteiger partial charge in [0, 0.05) is 35.6 Å². The van der Waals surface area contributed by atoms with Crippen LogP contribution in [0.1, 0.15) is 0 Å². The van der Waals surface area contributed by atoms with Gasteiger partial charge in [-0.15, -0.1) is 0 Å². The van der Waals surface area contributed by atoms with E-state index < -0.39 is 5.69 Å². The van der Waals surface area contributed by atoms with Crippen molar-refractivity contribution in [1.82, 2.24) is 14.5 Å². The molecule has 0 bridgehead atoms. The Kier molecular flexibility index (Phi) is 5.20. The minimum absolute atomic E-state index is 0.263. The van der Waals surface area contributed by atoms with Crippen LogP contribution >= 0.6 is 0 Å². The van der Waals surface area contributed by atoms with Crippen LogP contribution in [0.5, 0.6) is 11.5 Å². The first-order valence-electron chi connectivity index (χ1n) is 9.02. The van der Waals surface area contributed by atoms with Gasteiger partial charge in [0.05, 0.1) is 19.2 Å². The maximum Gasteiger partial charge on any atom is 0.347 e. The van der Waals surface area contributed by atoms with Gasteiger partial charge in [-0.2, -0.15) is 0 Å². The second kappa shape index (κ2) is 8.10. The zero-order chi connectivity index (χ0) is 20.2. The molecule has 0 aliphatic rings. The van der Waals surface area contributed by atoms with Gasteiger partial charge < -0.3 is 9.47 Å². The number of benzene rings is 2. The second-order valence-electron chi connectivity index (χ2n) is 6.37. The molecule has 29 heavy (non-hydrogen) atoms. The van der Waals surface area contributed by atoms with E-state index in [-0.39, 0.29) is 12.4 Å². The van der Waals surface area contributed by atoms with Crippen molar-refractivity contribution in [2.45, 2.75) is 6.54 Å². The molecule has 0 atom stereocenters. The number of nitrogens with zero attached hydrogens (tertiary/aromatic N) is 3. The summed E-state index contributed by atoms with van der Waals surface area (Å²) < 4.78 is 26.0. The fourth-order valence-electron chi connectivity index (χ4n) is 3.04. The molecule has 0 saturated heterocycles. The van der Waals surface area contributed by atoms with Crippen LogP contribution in [-0.4, -0.2) is 28.3 Å². The lowest BCUT2D eigenvalue weighted by atomic mass is 10.1. The fourth-order valence-corrected chi connectivity index (χ4v) is 3.04. The normalized spacial score (nSPS) is 10.8. The van der Waals surface area contributed by atoms with Gasteiger partial charge in [-0.3, -0.25) is 9.55 Å². The molecule has 0 aliphatic heterocycles. The summed E-state index contributed by atoms with van der Waals surface area (Å²) in [5.41, 5.74) is 1.68. The van der Waals surface area contributed by atoms with Crippen LogP contribution in [0.25, 0.3) is 22.0 Å². The summed E-state index contributed by atoms with van der Waals surface area (Å²) in [7, 11) is 1.60. The monoisotopic (exact) mass is 391 g/mol. The first kappa shape index (κ1) is 18.6. The molecule has 0 unspecified atom stereocenters. The van der Waals surface area contributed by atoms with E-state index >= 15 is 0 Å². The van der Waals surface area contributed by atoms with Crippen molar-refractivity contribution >= 4 is 10.9 Å². The van der Waals surface area contributed by atoms with E-state index in [2.05, 4.69) is 9.97 Å². The van der Waals surface area contributed by atoms with Gasteiger partial charge in [0.15, 0.2) is 0 Å². The van der Waals surface area contributed by atoms with E-state index in [1.807, 2.05) is 18.2 Å². The van der Waals surface area contributed by atoms with Gasteiger partial charge in [-0.25, -0.2) is 14.2 Å². The summed E-state index contributed by atoms with van der Waals surface area (Å²) in [6.45, 7) is 0.564. The predicted molar refractivity (Wildman–Crippen MR) is 108 cm³/mol. The highest BCUT2D eigenvalue weighted by Gasteiger charge is 2.07. The van der Waals surface area contributed by atoms with E-state index in [0.717, 1.165) is 10.9 Å². The molecule has 0 aliphatic carbocycles. The molecule has 0 spiro atoms. The van der Waals surface area contributed by atoms with Gasteiger partial charge in [0.25, 0.3) is 0 Å². The van der Waals surface area contributed by atoms with Crippen LogP contribution < -0.4 is 15.2 Å². The molecule has 146 valence electrons. The molecule has 2 heterocycles. The molecule has 4 aromatic rings. The van der Waals surface area contributed by atoms with Crippen LogP contribution in [-0.2, 0) is 6.54 Å². The van der Waals surface area contributed by atoms with Crippen LogP contribution in [0.2, 0.25) is 0 Å². The maximum atomic E-state index is 13.5. The molecule has 0 radical (unpaired) electrons. The first-order valence-corrected chi connectivity index (χ1v) is 9.02. The first-order chi connectivity index (χ1) is 14.1. The molecule has 4 rings (SSSR count). The highest BCUT2D eigenvalue weighted by molar-refractivity contribution is 5.85. The molecule has 2 aromatic heterocycles. The van der Waals surface area contributed by atoms with Crippen molar-refractivity contribution in [2.24, 2.45) is 0 Å². The summed E-state index contributed by atoms with van der Waals surface area (Å²) in [6, 6.07) is 13.5. The number of hydrogen-bond donors (Lipinski definition) is 0. The predicted octanol–water partition coefficient (Wildman–Crippen LogP) is 3.69. The third kappa shape index (κ3) is 4.08. The van der Waals surface area contributed by atoms with E-state index in [1.54, 1.807) is 37.7 Å². The number of ether oxygens (including phenoxy) is 2. The highest BCUT2D eigenvalue weighted by Crippen LogP contribution is 2.27. The van der Waals surface area contributed by atoms with Crippen LogP contribution in [0.4, 0.5) is 4.39 Å². The Bertz CT molecular complexity index is 1220. The Morgan fingerprint density at radius 3 is 2.79 bits per heavy atom. The largest absolute Gasteiger partial charge is 0.497 e. The summed E-state index contributed by atoms with van der Waals surface area (Å²) in [4.78, 5) is 20.3. The zero-order valence-corrected chi connectivity index (χ0v) is 15.7. The SMILES string of the molecule is COc1ccc2c(OCCn3cc(-c4cccc(F)c4)cnc3=O)ccnc2c1. The Morgan fingerprint density at radius 1 is 1.07 bits per heavy atom. The van der Waals surface area contributed by atoms with E-state index in [4.69, 9.17) is 9.47 Å². The lowest BCUT2D eigenvalue weighted by Gasteiger charge is -2.11. The Hall–Kier alpha value is -3.74. The molecule has 0 amide bonds. The van der Waals surface area contributed by atoms with Crippen molar-refractivity contribution in [3.05, 3.63) is 83.4 Å². The van der Waals surface area contributed by atoms with Gasteiger partial charge >= 0.3 is 5.69 Å². The summed E-state index contributed by atoms with van der Waals surface area (Å²) >= 11 is 0. The fraction of sp³-hybridized carbons (Fsp3) is 0.136. The Balaban J connectivity index is 1.52. The summed E-state index contributed by atoms with van der Waals surface area (Å²) in [6.07, 6.45) is 4.76. The highest BCUT2D eigenvalue weighted by atomic mass is 19.1. The van der Waals surface area contributed by atoms with Crippen molar-refractivity contribution in [2.75, 3.05) is 13.7 Å². The summed E-state index contributed by atoms with van der Waals surface area (Å²) in [5, 5.41) is 0.854. The van der Waals surface area contributed by atoms with E-state index in [0.29, 0.717) is 29.2 Å². The minimum Gasteiger partial charge on any atom is -0.497 e. The van der Waals surface area contributed by atoms with Gasteiger partial charge in [0.1, 0.15) is 23.9 Å². The van der Waals surface area contributed by atoms with E-state index in [1.165, 1.54) is 22.9 Å². The van der Waals surface area contributed by atoms with E-state index in [9.17, 15) is 9.18 Å². The number of aromatic nitrogens is 3. The Labute approximate surface area is 166 Å². The zero-order valence-electron chi connectivity index (χ0n) is 15.7. The van der Waals surface area contributed by atoms with Crippen LogP contribution in [0.3, 0.4) is 0 Å². The standard InChI is InChI=1S/C22H18FN3O3/c1-28-18-5-6-19-20(12-18)24-8-7-21(19)29-10-9-26-14-16(13-25-22(26)27)15-3-2-4-17(23)11-15/h2-8,11-14H,9-10H2,1H3. The lowest BCUT2D eigenvalue weighted by Crippen LogP contribution is -2.25. The molecule has 7 heteroatoms. The molecule has 0 N–H and O–H groups in total. The smallest absolute Gasteiger partial charge is 0.347 e. The lowest BCUT2D eigenvalue weighted by molar-refractivity contribution is 0.298. The third-order valence-corrected chi connectivity index (χ3v) is 4.51. The number of rotatable bonds is 6. The van der Waals surface area contributed by atoms with Gasteiger partial charge in [-0.05, 0) is 35.9 Å².